The molecule has 0 saturated heterocycles. The average Bonchev–Trinajstić information content (AvgIpc) is 2.38. The highest BCUT2D eigenvalue weighted by molar-refractivity contribution is 9.10. The van der Waals surface area contributed by atoms with Crippen LogP contribution >= 0.6 is 15.9 Å². The minimum absolute atomic E-state index is 0.490. The summed E-state index contributed by atoms with van der Waals surface area (Å²) in [7, 11) is 4.26. The predicted octanol–water partition coefficient (Wildman–Crippen LogP) is 3.72. The number of hydrogen-bond acceptors (Lipinski definition) is 3. The van der Waals surface area contributed by atoms with Gasteiger partial charge in [0, 0.05) is 41.9 Å². The molecule has 0 aliphatic rings. The third-order valence-corrected chi connectivity index (χ3v) is 4.05. The third-order valence-electron chi connectivity index (χ3n) is 3.55. The quantitative estimate of drug-likeness (QED) is 0.766. The van der Waals surface area contributed by atoms with Crippen LogP contribution in [0.4, 0.5) is 5.69 Å². The number of likely N-dealkylation sites (N-methyl/N-ethyl adjacent to an activating group) is 2. The Kier molecular flexibility index (Phi) is 7.71. The molecule has 120 valence electrons. The van der Waals surface area contributed by atoms with Crippen molar-refractivity contribution in [3.63, 3.8) is 0 Å². The number of halogens is 1. The molecule has 1 aromatic rings. The summed E-state index contributed by atoms with van der Waals surface area (Å²) in [5.74, 6) is 0. The van der Waals surface area contributed by atoms with Crippen molar-refractivity contribution in [2.45, 2.75) is 46.3 Å². The number of nitrogens with one attached hydrogen (secondary N) is 1. The zero-order valence-electron chi connectivity index (χ0n) is 14.3. The van der Waals surface area contributed by atoms with Gasteiger partial charge in [0.15, 0.2) is 0 Å². The molecule has 0 aliphatic heterocycles. The van der Waals surface area contributed by atoms with Gasteiger partial charge in [0.25, 0.3) is 0 Å². The predicted molar refractivity (Wildman–Crippen MR) is 97.2 cm³/mol. The molecule has 0 aliphatic carbocycles. The molecule has 1 atom stereocenters. The van der Waals surface area contributed by atoms with E-state index in [0.717, 1.165) is 24.1 Å². The van der Waals surface area contributed by atoms with E-state index in [1.807, 2.05) is 0 Å². The number of rotatable bonds is 8. The Labute approximate surface area is 138 Å². The molecule has 0 aromatic heterocycles. The lowest BCUT2D eigenvalue weighted by atomic mass is 10.1. The Hall–Kier alpha value is -0.580. The van der Waals surface area contributed by atoms with Crippen LogP contribution in [0.3, 0.4) is 0 Å². The molecule has 21 heavy (non-hydrogen) atoms. The SMILES string of the molecule is CCN(c1ccc(Br)cc1CNC(C)C)C(C)CN(C)C. The molecule has 1 rings (SSSR count). The van der Waals surface area contributed by atoms with E-state index in [4.69, 9.17) is 0 Å². The Balaban J connectivity index is 3.01. The van der Waals surface area contributed by atoms with Gasteiger partial charge >= 0.3 is 0 Å². The van der Waals surface area contributed by atoms with Crippen LogP contribution in [0.2, 0.25) is 0 Å². The van der Waals surface area contributed by atoms with Crippen LogP contribution in [-0.4, -0.2) is 44.2 Å². The van der Waals surface area contributed by atoms with Crippen molar-refractivity contribution in [2.24, 2.45) is 0 Å². The van der Waals surface area contributed by atoms with Crippen LogP contribution < -0.4 is 10.2 Å². The highest BCUT2D eigenvalue weighted by Gasteiger charge is 2.17. The normalized spacial score (nSPS) is 13.0. The van der Waals surface area contributed by atoms with E-state index >= 15 is 0 Å². The fourth-order valence-corrected chi connectivity index (χ4v) is 3.04. The summed E-state index contributed by atoms with van der Waals surface area (Å²) < 4.78 is 1.14. The second kappa shape index (κ2) is 8.76. The first-order chi connectivity index (χ1) is 9.85. The molecule has 0 spiro atoms. The molecule has 0 amide bonds. The van der Waals surface area contributed by atoms with Gasteiger partial charge in [0.05, 0.1) is 0 Å². The number of hydrogen-bond donors (Lipinski definition) is 1. The maximum absolute atomic E-state index is 3.60. The Morgan fingerprint density at radius 2 is 1.86 bits per heavy atom. The first-order valence-electron chi connectivity index (χ1n) is 7.78. The molecule has 0 saturated carbocycles. The van der Waals surface area contributed by atoms with Crippen LogP contribution in [0.15, 0.2) is 22.7 Å². The van der Waals surface area contributed by atoms with Crippen LogP contribution in [0.25, 0.3) is 0 Å². The average molecular weight is 356 g/mol. The van der Waals surface area contributed by atoms with Gasteiger partial charge in [0.2, 0.25) is 0 Å². The van der Waals surface area contributed by atoms with E-state index in [0.29, 0.717) is 12.1 Å². The van der Waals surface area contributed by atoms with E-state index in [1.165, 1.54) is 11.3 Å². The largest absolute Gasteiger partial charge is 0.368 e. The molecule has 0 bridgehead atoms. The lowest BCUT2D eigenvalue weighted by Gasteiger charge is -2.34. The second-order valence-corrected chi connectivity index (χ2v) is 7.12. The molecule has 4 heteroatoms. The van der Waals surface area contributed by atoms with Crippen molar-refractivity contribution < 1.29 is 0 Å². The van der Waals surface area contributed by atoms with Crippen molar-refractivity contribution >= 4 is 21.6 Å². The van der Waals surface area contributed by atoms with Crippen LogP contribution in [-0.2, 0) is 6.54 Å². The van der Waals surface area contributed by atoms with Gasteiger partial charge in [-0.25, -0.2) is 0 Å². The molecule has 1 aromatic carbocycles. The topological polar surface area (TPSA) is 18.5 Å². The Morgan fingerprint density at radius 1 is 1.19 bits per heavy atom. The second-order valence-electron chi connectivity index (χ2n) is 6.21. The highest BCUT2D eigenvalue weighted by Crippen LogP contribution is 2.26. The van der Waals surface area contributed by atoms with E-state index < -0.39 is 0 Å². The number of anilines is 1. The van der Waals surface area contributed by atoms with Crippen LogP contribution in [0.1, 0.15) is 33.3 Å². The van der Waals surface area contributed by atoms with Crippen molar-refractivity contribution in [3.8, 4) is 0 Å². The molecule has 3 nitrogen and oxygen atoms in total. The van der Waals surface area contributed by atoms with E-state index in [1.54, 1.807) is 0 Å². The molecule has 1 unspecified atom stereocenters. The summed E-state index contributed by atoms with van der Waals surface area (Å²) >= 11 is 3.60. The van der Waals surface area contributed by atoms with Gasteiger partial charge < -0.3 is 15.1 Å². The molecular weight excluding hydrogens is 326 g/mol. The number of nitrogens with zero attached hydrogens (tertiary/aromatic N) is 2. The summed E-state index contributed by atoms with van der Waals surface area (Å²) in [5, 5.41) is 3.53. The van der Waals surface area contributed by atoms with E-state index in [-0.39, 0.29) is 0 Å². The van der Waals surface area contributed by atoms with Gasteiger partial charge in [-0.05, 0) is 51.7 Å². The smallest absolute Gasteiger partial charge is 0.0415 e. The minimum atomic E-state index is 0.490. The Morgan fingerprint density at radius 3 is 2.38 bits per heavy atom. The summed E-state index contributed by atoms with van der Waals surface area (Å²) in [4.78, 5) is 4.74. The van der Waals surface area contributed by atoms with Crippen LogP contribution in [0, 0.1) is 0 Å². The monoisotopic (exact) mass is 355 g/mol. The summed E-state index contributed by atoms with van der Waals surface area (Å²) in [6.07, 6.45) is 0. The van der Waals surface area contributed by atoms with E-state index in [9.17, 15) is 0 Å². The molecule has 1 N–H and O–H groups in total. The zero-order valence-corrected chi connectivity index (χ0v) is 15.9. The summed E-state index contributed by atoms with van der Waals surface area (Å²) in [6, 6.07) is 7.58. The third kappa shape index (κ3) is 5.97. The van der Waals surface area contributed by atoms with Crippen LogP contribution in [0.5, 0.6) is 0 Å². The lowest BCUT2D eigenvalue weighted by Crippen LogP contribution is -2.40. The van der Waals surface area contributed by atoms with Gasteiger partial charge in [0.1, 0.15) is 0 Å². The molecule has 0 fully saturated rings. The van der Waals surface area contributed by atoms with Crippen molar-refractivity contribution in [2.75, 3.05) is 32.1 Å². The van der Waals surface area contributed by atoms with Crippen molar-refractivity contribution in [1.29, 1.82) is 0 Å². The zero-order chi connectivity index (χ0) is 16.0. The maximum atomic E-state index is 3.60. The Bertz CT molecular complexity index is 432. The van der Waals surface area contributed by atoms with Gasteiger partial charge in [-0.3, -0.25) is 0 Å². The summed E-state index contributed by atoms with van der Waals surface area (Å²) in [6.45, 7) is 11.9. The molecule has 0 radical (unpaired) electrons. The first kappa shape index (κ1) is 18.5. The highest BCUT2D eigenvalue weighted by atomic mass is 79.9. The standard InChI is InChI=1S/C17H30BrN3/c1-7-21(14(4)12-20(5)6)17-9-8-16(18)10-15(17)11-19-13(2)3/h8-10,13-14,19H,7,11-12H2,1-6H3. The molecule has 0 heterocycles. The fourth-order valence-electron chi connectivity index (χ4n) is 2.64. The van der Waals surface area contributed by atoms with Gasteiger partial charge in [-0.1, -0.05) is 29.8 Å². The minimum Gasteiger partial charge on any atom is -0.368 e. The maximum Gasteiger partial charge on any atom is 0.0415 e. The lowest BCUT2D eigenvalue weighted by molar-refractivity contribution is 0.372. The van der Waals surface area contributed by atoms with Gasteiger partial charge in [-0.15, -0.1) is 0 Å². The van der Waals surface area contributed by atoms with Crippen molar-refractivity contribution in [3.05, 3.63) is 28.2 Å². The van der Waals surface area contributed by atoms with E-state index in [2.05, 4.69) is 91.0 Å². The first-order valence-corrected chi connectivity index (χ1v) is 8.57. The molecular formula is C17H30BrN3. The summed E-state index contributed by atoms with van der Waals surface area (Å²) in [5.41, 5.74) is 2.69. The number of benzene rings is 1. The van der Waals surface area contributed by atoms with Gasteiger partial charge in [-0.2, -0.15) is 0 Å². The fraction of sp³-hybridized carbons (Fsp3) is 0.647. The van der Waals surface area contributed by atoms with Crippen molar-refractivity contribution in [1.82, 2.24) is 10.2 Å².